The summed E-state index contributed by atoms with van der Waals surface area (Å²) in [5.74, 6) is 5.88. The maximum Gasteiger partial charge on any atom is 0.123 e. The summed E-state index contributed by atoms with van der Waals surface area (Å²) in [7, 11) is 0. The van der Waals surface area contributed by atoms with Gasteiger partial charge in [-0.2, -0.15) is 0 Å². The van der Waals surface area contributed by atoms with E-state index in [0.717, 1.165) is 18.4 Å². The lowest BCUT2D eigenvalue weighted by atomic mass is 9.98. The first kappa shape index (κ1) is 12.1. The van der Waals surface area contributed by atoms with Gasteiger partial charge in [-0.25, -0.2) is 4.39 Å². The lowest BCUT2D eigenvalue weighted by Crippen LogP contribution is -2.37. The van der Waals surface area contributed by atoms with Crippen molar-refractivity contribution >= 4 is 0 Å². The molecule has 0 amide bonds. The van der Waals surface area contributed by atoms with E-state index in [1.165, 1.54) is 12.1 Å². The molecule has 1 unspecified atom stereocenters. The molecule has 84 valence electrons. The molecule has 1 atom stereocenters. The van der Waals surface area contributed by atoms with E-state index in [1.807, 2.05) is 0 Å². The van der Waals surface area contributed by atoms with Crippen molar-refractivity contribution in [3.8, 4) is 0 Å². The van der Waals surface area contributed by atoms with Crippen molar-refractivity contribution in [1.82, 2.24) is 5.43 Å². The fourth-order valence-electron chi connectivity index (χ4n) is 1.68. The van der Waals surface area contributed by atoms with Gasteiger partial charge in [0.05, 0.1) is 0 Å². The largest absolute Gasteiger partial charge is 0.271 e. The van der Waals surface area contributed by atoms with Gasteiger partial charge >= 0.3 is 0 Å². The van der Waals surface area contributed by atoms with Crippen LogP contribution in [0.25, 0.3) is 0 Å². The Morgan fingerprint density at radius 1 is 1.27 bits per heavy atom. The van der Waals surface area contributed by atoms with E-state index in [0.29, 0.717) is 5.92 Å². The molecule has 15 heavy (non-hydrogen) atoms. The maximum absolute atomic E-state index is 12.7. The first-order valence-corrected chi connectivity index (χ1v) is 5.32. The zero-order chi connectivity index (χ0) is 11.3. The Kier molecular flexibility index (Phi) is 4.72. The zero-order valence-electron chi connectivity index (χ0n) is 9.33. The first-order valence-electron chi connectivity index (χ1n) is 5.32. The second kappa shape index (κ2) is 5.83. The van der Waals surface area contributed by atoms with Crippen LogP contribution in [-0.4, -0.2) is 6.04 Å². The van der Waals surface area contributed by atoms with Crippen LogP contribution in [0.3, 0.4) is 0 Å². The lowest BCUT2D eigenvalue weighted by Gasteiger charge is -2.17. The number of halogens is 1. The molecule has 2 nitrogen and oxygen atoms in total. The highest BCUT2D eigenvalue weighted by molar-refractivity contribution is 5.17. The fraction of sp³-hybridized carbons (Fsp3) is 0.500. The highest BCUT2D eigenvalue weighted by Gasteiger charge is 2.09. The average Bonchev–Trinajstić information content (AvgIpc) is 2.19. The Labute approximate surface area is 90.6 Å². The van der Waals surface area contributed by atoms with Crippen molar-refractivity contribution in [1.29, 1.82) is 0 Å². The van der Waals surface area contributed by atoms with Crippen LogP contribution < -0.4 is 11.3 Å². The van der Waals surface area contributed by atoms with Gasteiger partial charge in [-0.05, 0) is 36.5 Å². The van der Waals surface area contributed by atoms with E-state index in [2.05, 4.69) is 19.3 Å². The summed E-state index contributed by atoms with van der Waals surface area (Å²) in [6.07, 6.45) is 1.86. The van der Waals surface area contributed by atoms with Gasteiger partial charge in [-0.1, -0.05) is 26.0 Å². The monoisotopic (exact) mass is 210 g/mol. The average molecular weight is 210 g/mol. The molecule has 0 fully saturated rings. The molecule has 0 saturated heterocycles. The number of hydrogen-bond acceptors (Lipinski definition) is 2. The summed E-state index contributed by atoms with van der Waals surface area (Å²) in [4.78, 5) is 0. The van der Waals surface area contributed by atoms with Gasteiger partial charge in [0.25, 0.3) is 0 Å². The minimum absolute atomic E-state index is 0.195. The van der Waals surface area contributed by atoms with Crippen molar-refractivity contribution in [2.24, 2.45) is 11.8 Å². The Morgan fingerprint density at radius 3 is 2.33 bits per heavy atom. The number of nitrogens with one attached hydrogen (secondary N) is 1. The number of nitrogens with two attached hydrogens (primary N) is 1. The van der Waals surface area contributed by atoms with Crippen LogP contribution in [0.4, 0.5) is 4.39 Å². The standard InChI is InChI=1S/C12H19FN2/c1-9(2)7-12(15-14)8-10-3-5-11(13)6-4-10/h3-6,9,12,15H,7-8,14H2,1-2H3. The summed E-state index contributed by atoms with van der Waals surface area (Å²) in [6, 6.07) is 6.84. The SMILES string of the molecule is CC(C)CC(Cc1ccc(F)cc1)NN. The van der Waals surface area contributed by atoms with E-state index in [-0.39, 0.29) is 11.9 Å². The predicted octanol–water partition coefficient (Wildman–Crippen LogP) is 2.25. The van der Waals surface area contributed by atoms with E-state index in [4.69, 9.17) is 5.84 Å². The summed E-state index contributed by atoms with van der Waals surface area (Å²) < 4.78 is 12.7. The summed E-state index contributed by atoms with van der Waals surface area (Å²) in [5, 5.41) is 0. The normalized spacial score (nSPS) is 13.1. The number of benzene rings is 1. The van der Waals surface area contributed by atoms with E-state index in [1.54, 1.807) is 12.1 Å². The molecule has 0 aromatic heterocycles. The quantitative estimate of drug-likeness (QED) is 0.578. The van der Waals surface area contributed by atoms with Crippen LogP contribution in [0.1, 0.15) is 25.8 Å². The Bertz CT molecular complexity index is 282. The fourth-order valence-corrected chi connectivity index (χ4v) is 1.68. The predicted molar refractivity (Wildman–Crippen MR) is 60.7 cm³/mol. The van der Waals surface area contributed by atoms with Gasteiger partial charge in [-0.3, -0.25) is 11.3 Å². The second-order valence-electron chi connectivity index (χ2n) is 4.32. The number of rotatable bonds is 5. The van der Waals surface area contributed by atoms with E-state index >= 15 is 0 Å². The smallest absolute Gasteiger partial charge is 0.123 e. The minimum Gasteiger partial charge on any atom is -0.271 e. The Balaban J connectivity index is 2.54. The second-order valence-corrected chi connectivity index (χ2v) is 4.32. The van der Waals surface area contributed by atoms with Crippen LogP contribution >= 0.6 is 0 Å². The molecular formula is C12H19FN2. The summed E-state index contributed by atoms with van der Waals surface area (Å²) >= 11 is 0. The molecule has 3 N–H and O–H groups in total. The van der Waals surface area contributed by atoms with Gasteiger partial charge in [-0.15, -0.1) is 0 Å². The third-order valence-corrected chi connectivity index (χ3v) is 2.39. The van der Waals surface area contributed by atoms with Crippen molar-refractivity contribution < 1.29 is 4.39 Å². The Morgan fingerprint density at radius 2 is 1.87 bits per heavy atom. The topological polar surface area (TPSA) is 38.0 Å². The van der Waals surface area contributed by atoms with E-state index < -0.39 is 0 Å². The third-order valence-electron chi connectivity index (χ3n) is 2.39. The van der Waals surface area contributed by atoms with Crippen molar-refractivity contribution in [3.63, 3.8) is 0 Å². The molecule has 0 spiro atoms. The molecule has 0 saturated carbocycles. The van der Waals surface area contributed by atoms with Crippen LogP contribution in [0, 0.1) is 11.7 Å². The van der Waals surface area contributed by atoms with Gasteiger partial charge in [0.15, 0.2) is 0 Å². The molecule has 0 aliphatic heterocycles. The number of hydrazine groups is 1. The van der Waals surface area contributed by atoms with Crippen molar-refractivity contribution in [2.75, 3.05) is 0 Å². The zero-order valence-corrected chi connectivity index (χ0v) is 9.33. The van der Waals surface area contributed by atoms with Gasteiger partial charge < -0.3 is 0 Å². The Hall–Kier alpha value is -0.930. The summed E-state index contributed by atoms with van der Waals surface area (Å²) in [5.41, 5.74) is 3.91. The molecule has 0 aliphatic rings. The maximum atomic E-state index is 12.7. The van der Waals surface area contributed by atoms with E-state index in [9.17, 15) is 4.39 Å². The third kappa shape index (κ3) is 4.40. The highest BCUT2D eigenvalue weighted by atomic mass is 19.1. The first-order chi connectivity index (χ1) is 7.11. The van der Waals surface area contributed by atoms with Crippen LogP contribution in [0.5, 0.6) is 0 Å². The van der Waals surface area contributed by atoms with Crippen molar-refractivity contribution in [2.45, 2.75) is 32.7 Å². The van der Waals surface area contributed by atoms with Crippen LogP contribution in [0.2, 0.25) is 0 Å². The molecule has 3 heteroatoms. The minimum atomic E-state index is -0.195. The highest BCUT2D eigenvalue weighted by Crippen LogP contribution is 2.11. The summed E-state index contributed by atoms with van der Waals surface area (Å²) in [6.45, 7) is 4.32. The number of hydrogen-bond donors (Lipinski definition) is 2. The van der Waals surface area contributed by atoms with Gasteiger partial charge in [0.2, 0.25) is 0 Å². The van der Waals surface area contributed by atoms with Gasteiger partial charge in [0.1, 0.15) is 5.82 Å². The molecule has 0 bridgehead atoms. The molecule has 0 aliphatic carbocycles. The molecule has 1 aromatic rings. The molecule has 0 radical (unpaired) electrons. The van der Waals surface area contributed by atoms with Crippen LogP contribution in [-0.2, 0) is 6.42 Å². The van der Waals surface area contributed by atoms with Crippen LogP contribution in [0.15, 0.2) is 24.3 Å². The molecule has 0 heterocycles. The van der Waals surface area contributed by atoms with Gasteiger partial charge in [0, 0.05) is 6.04 Å². The lowest BCUT2D eigenvalue weighted by molar-refractivity contribution is 0.423. The molecular weight excluding hydrogens is 191 g/mol. The molecule has 1 aromatic carbocycles. The molecule has 1 rings (SSSR count). The van der Waals surface area contributed by atoms with Crippen molar-refractivity contribution in [3.05, 3.63) is 35.6 Å².